The first-order valence-electron chi connectivity index (χ1n) is 4.72. The van der Waals surface area contributed by atoms with Gasteiger partial charge in [0.2, 0.25) is 0 Å². The van der Waals surface area contributed by atoms with Crippen LogP contribution >= 0.6 is 0 Å². The molecule has 0 radical (unpaired) electrons. The first kappa shape index (κ1) is 13.6. The van der Waals surface area contributed by atoms with E-state index in [1.165, 1.54) is 0 Å². The Balaban J connectivity index is 3.83. The third-order valence-electron chi connectivity index (χ3n) is 1.68. The van der Waals surface area contributed by atoms with E-state index < -0.39 is 24.5 Å². The second-order valence-electron chi connectivity index (χ2n) is 3.22. The number of aliphatic hydroxyl groups is 1. The molecule has 0 aliphatic rings. The maximum atomic E-state index is 11.1. The van der Waals surface area contributed by atoms with Crippen LogP contribution in [0.1, 0.15) is 26.2 Å². The molecule has 86 valence electrons. The standard InChI is InChI=1S/C10H16O5/c1-3-4-8(11)6-15-10(14)7(2)5-9(12)13/h8,11H,2-6H2,1H3,(H,12,13). The lowest BCUT2D eigenvalue weighted by atomic mass is 10.2. The molecule has 0 aliphatic carbocycles. The van der Waals surface area contributed by atoms with Crippen molar-refractivity contribution in [3.63, 3.8) is 0 Å². The molecule has 0 bridgehead atoms. The lowest BCUT2D eigenvalue weighted by Crippen LogP contribution is -2.19. The van der Waals surface area contributed by atoms with E-state index in [-0.39, 0.29) is 12.2 Å². The van der Waals surface area contributed by atoms with Crippen molar-refractivity contribution >= 4 is 11.9 Å². The topological polar surface area (TPSA) is 83.8 Å². The van der Waals surface area contributed by atoms with E-state index in [4.69, 9.17) is 5.11 Å². The van der Waals surface area contributed by atoms with Gasteiger partial charge >= 0.3 is 11.9 Å². The number of esters is 1. The molecule has 0 saturated heterocycles. The van der Waals surface area contributed by atoms with Crippen molar-refractivity contribution in [2.24, 2.45) is 0 Å². The van der Waals surface area contributed by atoms with E-state index in [1.807, 2.05) is 6.92 Å². The Morgan fingerprint density at radius 2 is 2.07 bits per heavy atom. The number of carboxylic acids is 1. The number of carbonyl (C=O) groups excluding carboxylic acids is 1. The monoisotopic (exact) mass is 216 g/mol. The molecule has 2 N–H and O–H groups in total. The van der Waals surface area contributed by atoms with Gasteiger partial charge in [-0.1, -0.05) is 19.9 Å². The summed E-state index contributed by atoms with van der Waals surface area (Å²) in [5.74, 6) is -1.90. The molecule has 0 aromatic heterocycles. The minimum atomic E-state index is -1.13. The molecule has 0 aromatic rings. The number of aliphatic carboxylic acids is 1. The third kappa shape index (κ3) is 6.68. The Hall–Kier alpha value is -1.36. The second kappa shape index (κ2) is 7.00. The number of hydrogen-bond donors (Lipinski definition) is 2. The number of hydrogen-bond acceptors (Lipinski definition) is 4. The van der Waals surface area contributed by atoms with Gasteiger partial charge in [-0.2, -0.15) is 0 Å². The summed E-state index contributed by atoms with van der Waals surface area (Å²) in [5.41, 5.74) is -0.119. The maximum Gasteiger partial charge on any atom is 0.334 e. The summed E-state index contributed by atoms with van der Waals surface area (Å²) in [6.45, 7) is 5.06. The van der Waals surface area contributed by atoms with E-state index in [2.05, 4.69) is 11.3 Å². The average molecular weight is 216 g/mol. The van der Waals surface area contributed by atoms with Crippen molar-refractivity contribution in [2.75, 3.05) is 6.61 Å². The van der Waals surface area contributed by atoms with Gasteiger partial charge < -0.3 is 14.9 Å². The van der Waals surface area contributed by atoms with Gasteiger partial charge in [-0.15, -0.1) is 0 Å². The molecule has 0 amide bonds. The lowest BCUT2D eigenvalue weighted by Gasteiger charge is -2.10. The molecule has 1 atom stereocenters. The van der Waals surface area contributed by atoms with Crippen molar-refractivity contribution in [2.45, 2.75) is 32.3 Å². The van der Waals surface area contributed by atoms with E-state index in [0.29, 0.717) is 6.42 Å². The molecule has 0 spiro atoms. The molecule has 1 unspecified atom stereocenters. The quantitative estimate of drug-likeness (QED) is 0.484. The van der Waals surface area contributed by atoms with E-state index in [0.717, 1.165) is 6.42 Å². The normalized spacial score (nSPS) is 11.9. The zero-order chi connectivity index (χ0) is 11.8. The van der Waals surface area contributed by atoms with Gasteiger partial charge in [0.05, 0.1) is 12.5 Å². The summed E-state index contributed by atoms with van der Waals surface area (Å²) in [5, 5.41) is 17.6. The molecule has 0 rings (SSSR count). The summed E-state index contributed by atoms with van der Waals surface area (Å²) in [6, 6.07) is 0. The van der Waals surface area contributed by atoms with Gasteiger partial charge in [0.1, 0.15) is 6.61 Å². The zero-order valence-electron chi connectivity index (χ0n) is 8.73. The number of carboxylic acid groups (broad SMARTS) is 1. The van der Waals surface area contributed by atoms with Crippen LogP contribution in [0.2, 0.25) is 0 Å². The Morgan fingerprint density at radius 3 is 2.53 bits per heavy atom. The van der Waals surface area contributed by atoms with Gasteiger partial charge in [0.25, 0.3) is 0 Å². The number of rotatable bonds is 7. The lowest BCUT2D eigenvalue weighted by molar-refractivity contribution is -0.144. The fourth-order valence-electron chi connectivity index (χ4n) is 0.945. The third-order valence-corrected chi connectivity index (χ3v) is 1.68. The Morgan fingerprint density at radius 1 is 1.47 bits per heavy atom. The van der Waals surface area contributed by atoms with E-state index >= 15 is 0 Å². The van der Waals surface area contributed by atoms with Gasteiger partial charge in [-0.25, -0.2) is 4.79 Å². The number of aliphatic hydroxyl groups excluding tert-OH is 1. The fraction of sp³-hybridized carbons (Fsp3) is 0.600. The Kier molecular flexibility index (Phi) is 6.37. The number of ether oxygens (including phenoxy) is 1. The Bertz CT molecular complexity index is 246. The number of carbonyl (C=O) groups is 2. The minimum absolute atomic E-state index is 0.119. The van der Waals surface area contributed by atoms with Crippen molar-refractivity contribution in [1.82, 2.24) is 0 Å². The summed E-state index contributed by atoms with van der Waals surface area (Å²) in [6.07, 6.45) is 0.187. The summed E-state index contributed by atoms with van der Waals surface area (Å²) in [7, 11) is 0. The van der Waals surface area contributed by atoms with Crippen molar-refractivity contribution in [1.29, 1.82) is 0 Å². The molecule has 0 fully saturated rings. The molecule has 0 heterocycles. The second-order valence-corrected chi connectivity index (χ2v) is 3.22. The highest BCUT2D eigenvalue weighted by Crippen LogP contribution is 2.03. The van der Waals surface area contributed by atoms with Crippen LogP contribution in [-0.2, 0) is 14.3 Å². The molecule has 0 saturated carbocycles. The molecular weight excluding hydrogens is 200 g/mol. The van der Waals surface area contributed by atoms with Crippen LogP contribution in [0.5, 0.6) is 0 Å². The van der Waals surface area contributed by atoms with Crippen LogP contribution in [-0.4, -0.2) is 34.9 Å². The van der Waals surface area contributed by atoms with Crippen LogP contribution in [0, 0.1) is 0 Å². The molecular formula is C10H16O5. The smallest absolute Gasteiger partial charge is 0.334 e. The minimum Gasteiger partial charge on any atom is -0.481 e. The van der Waals surface area contributed by atoms with Gasteiger partial charge in [-0.3, -0.25) is 4.79 Å². The van der Waals surface area contributed by atoms with Crippen molar-refractivity contribution in [3.05, 3.63) is 12.2 Å². The molecule has 5 nitrogen and oxygen atoms in total. The van der Waals surface area contributed by atoms with Crippen LogP contribution in [0.4, 0.5) is 0 Å². The first-order chi connectivity index (χ1) is 6.97. The van der Waals surface area contributed by atoms with Gasteiger partial charge in [0, 0.05) is 5.57 Å². The molecule has 15 heavy (non-hydrogen) atoms. The molecule has 5 heteroatoms. The zero-order valence-corrected chi connectivity index (χ0v) is 8.73. The average Bonchev–Trinajstić information content (AvgIpc) is 2.13. The van der Waals surface area contributed by atoms with Crippen LogP contribution < -0.4 is 0 Å². The summed E-state index contributed by atoms with van der Waals surface area (Å²) in [4.78, 5) is 21.3. The summed E-state index contributed by atoms with van der Waals surface area (Å²) >= 11 is 0. The van der Waals surface area contributed by atoms with Crippen LogP contribution in [0.15, 0.2) is 12.2 Å². The highest BCUT2D eigenvalue weighted by Gasteiger charge is 2.13. The SMILES string of the molecule is C=C(CC(=O)O)C(=O)OCC(O)CCC. The van der Waals surface area contributed by atoms with Gasteiger partial charge in [-0.05, 0) is 6.42 Å². The molecule has 0 aromatic carbocycles. The molecule has 0 aliphatic heterocycles. The van der Waals surface area contributed by atoms with Crippen LogP contribution in [0.25, 0.3) is 0 Å². The fourth-order valence-corrected chi connectivity index (χ4v) is 0.945. The van der Waals surface area contributed by atoms with Crippen molar-refractivity contribution in [3.8, 4) is 0 Å². The first-order valence-corrected chi connectivity index (χ1v) is 4.72. The summed E-state index contributed by atoms with van der Waals surface area (Å²) < 4.78 is 4.67. The highest BCUT2D eigenvalue weighted by molar-refractivity contribution is 5.92. The predicted molar refractivity (Wildman–Crippen MR) is 53.3 cm³/mol. The van der Waals surface area contributed by atoms with Crippen LogP contribution in [0.3, 0.4) is 0 Å². The highest BCUT2D eigenvalue weighted by atomic mass is 16.5. The largest absolute Gasteiger partial charge is 0.481 e. The predicted octanol–water partition coefficient (Wildman–Crippen LogP) is 0.721. The van der Waals surface area contributed by atoms with E-state index in [9.17, 15) is 14.7 Å². The van der Waals surface area contributed by atoms with Gasteiger partial charge in [0.15, 0.2) is 0 Å². The van der Waals surface area contributed by atoms with E-state index in [1.54, 1.807) is 0 Å². The maximum absolute atomic E-state index is 11.1. The van der Waals surface area contributed by atoms with Crippen molar-refractivity contribution < 1.29 is 24.5 Å². The Labute approximate surface area is 88.4 Å².